The van der Waals surface area contributed by atoms with Crippen LogP contribution >= 0.6 is 0 Å². The molecule has 0 bridgehead atoms. The van der Waals surface area contributed by atoms with Gasteiger partial charge < -0.3 is 9.15 Å². The van der Waals surface area contributed by atoms with Gasteiger partial charge in [-0.3, -0.25) is 0 Å². The van der Waals surface area contributed by atoms with Crippen LogP contribution in [0.15, 0.2) is 76.4 Å². The van der Waals surface area contributed by atoms with Gasteiger partial charge in [-0.25, -0.2) is 9.19 Å². The lowest BCUT2D eigenvalue weighted by Crippen LogP contribution is -2.05. The van der Waals surface area contributed by atoms with Crippen molar-refractivity contribution in [2.45, 2.75) is 17.2 Å². The number of nitrogens with zero attached hydrogens (tertiary/aromatic N) is 1. The molecule has 154 valence electrons. The van der Waals surface area contributed by atoms with Crippen LogP contribution in [0.5, 0.6) is 5.75 Å². The van der Waals surface area contributed by atoms with Gasteiger partial charge in [0.1, 0.15) is 22.1 Å². The number of hydrogen-bond acceptors (Lipinski definition) is 4. The molecule has 0 fully saturated rings. The van der Waals surface area contributed by atoms with E-state index in [1.165, 1.54) is 12.1 Å². The molecule has 0 amide bonds. The van der Waals surface area contributed by atoms with Gasteiger partial charge in [0.25, 0.3) is 5.22 Å². The Labute approximate surface area is 172 Å². The Balaban J connectivity index is 1.54. The summed E-state index contributed by atoms with van der Waals surface area (Å²) in [5.41, 5.74) is 2.66. The predicted octanol–water partition coefficient (Wildman–Crippen LogP) is 5.83. The maximum absolute atomic E-state index is 12.7. The third kappa shape index (κ3) is 4.23. The largest absolute Gasteiger partial charge is 0.497 e. The summed E-state index contributed by atoms with van der Waals surface area (Å²) in [4.78, 5) is 4.26. The highest BCUT2D eigenvalue weighted by molar-refractivity contribution is 7.84. The highest BCUT2D eigenvalue weighted by Gasteiger charge is 2.30. The van der Waals surface area contributed by atoms with Crippen molar-refractivity contribution in [1.29, 1.82) is 0 Å². The van der Waals surface area contributed by atoms with Gasteiger partial charge in [-0.05, 0) is 53.1 Å². The van der Waals surface area contributed by atoms with Crippen molar-refractivity contribution in [1.82, 2.24) is 4.98 Å². The Kier molecular flexibility index (Phi) is 5.34. The highest BCUT2D eigenvalue weighted by atomic mass is 32.2. The Hall–Kier alpha value is -3.13. The van der Waals surface area contributed by atoms with Gasteiger partial charge in [-0.2, -0.15) is 13.2 Å². The Morgan fingerprint density at radius 1 is 0.967 bits per heavy atom. The Morgan fingerprint density at radius 3 is 2.27 bits per heavy atom. The first-order valence-electron chi connectivity index (χ1n) is 8.93. The zero-order valence-corrected chi connectivity index (χ0v) is 16.6. The van der Waals surface area contributed by atoms with Crippen molar-refractivity contribution in [3.8, 4) is 16.9 Å². The molecule has 3 aromatic carbocycles. The van der Waals surface area contributed by atoms with E-state index in [4.69, 9.17) is 9.15 Å². The first-order valence-corrected chi connectivity index (χ1v) is 10.2. The smallest absolute Gasteiger partial charge is 0.416 e. The molecule has 1 atom stereocenters. The fourth-order valence-corrected chi connectivity index (χ4v) is 3.97. The summed E-state index contributed by atoms with van der Waals surface area (Å²) in [6, 6.07) is 17.6. The first-order chi connectivity index (χ1) is 14.3. The van der Waals surface area contributed by atoms with Crippen LogP contribution in [-0.4, -0.2) is 16.3 Å². The zero-order chi connectivity index (χ0) is 21.3. The SMILES string of the molecule is COc1ccc(-c2ccc3nc(S(=O)Cc4ccc(C(F)(F)F)cc4)oc3c2)cc1. The minimum atomic E-state index is -4.40. The van der Waals surface area contributed by atoms with Gasteiger partial charge in [0.2, 0.25) is 0 Å². The minimum Gasteiger partial charge on any atom is -0.497 e. The van der Waals surface area contributed by atoms with E-state index < -0.39 is 22.5 Å². The fraction of sp³-hybridized carbons (Fsp3) is 0.136. The molecule has 4 aromatic rings. The number of aromatic nitrogens is 1. The lowest BCUT2D eigenvalue weighted by atomic mass is 10.1. The topological polar surface area (TPSA) is 52.3 Å². The van der Waals surface area contributed by atoms with Crippen molar-refractivity contribution in [2.75, 3.05) is 7.11 Å². The normalized spacial score (nSPS) is 12.8. The van der Waals surface area contributed by atoms with Crippen molar-refractivity contribution in [3.63, 3.8) is 0 Å². The Morgan fingerprint density at radius 2 is 1.63 bits per heavy atom. The number of fused-ring (bicyclic) bond motifs is 1. The van der Waals surface area contributed by atoms with Crippen molar-refractivity contribution < 1.29 is 26.5 Å². The molecule has 1 unspecified atom stereocenters. The first kappa shape index (κ1) is 20.2. The van der Waals surface area contributed by atoms with Crippen LogP contribution in [0.4, 0.5) is 13.2 Å². The van der Waals surface area contributed by atoms with E-state index in [0.29, 0.717) is 16.7 Å². The summed E-state index contributed by atoms with van der Waals surface area (Å²) < 4.78 is 61.4. The number of benzene rings is 3. The van der Waals surface area contributed by atoms with E-state index >= 15 is 0 Å². The number of ether oxygens (including phenoxy) is 1. The third-order valence-corrected chi connectivity index (χ3v) is 5.73. The van der Waals surface area contributed by atoms with E-state index in [1.807, 2.05) is 36.4 Å². The van der Waals surface area contributed by atoms with Gasteiger partial charge in [0.15, 0.2) is 5.58 Å². The summed E-state index contributed by atoms with van der Waals surface area (Å²) in [7, 11) is -0.0267. The van der Waals surface area contributed by atoms with Crippen LogP contribution in [0.25, 0.3) is 22.2 Å². The summed E-state index contributed by atoms with van der Waals surface area (Å²) in [6.45, 7) is 0. The van der Waals surface area contributed by atoms with Gasteiger partial charge >= 0.3 is 6.18 Å². The average Bonchev–Trinajstić information content (AvgIpc) is 3.17. The van der Waals surface area contributed by atoms with E-state index in [9.17, 15) is 17.4 Å². The van der Waals surface area contributed by atoms with E-state index in [0.717, 1.165) is 29.0 Å². The van der Waals surface area contributed by atoms with Gasteiger partial charge in [0.05, 0.1) is 18.4 Å². The monoisotopic (exact) mass is 431 g/mol. The number of halogens is 3. The molecule has 30 heavy (non-hydrogen) atoms. The molecule has 0 N–H and O–H groups in total. The molecule has 0 radical (unpaired) electrons. The molecule has 0 saturated carbocycles. The molecule has 1 heterocycles. The van der Waals surface area contributed by atoms with Gasteiger partial charge in [-0.15, -0.1) is 0 Å². The lowest BCUT2D eigenvalue weighted by molar-refractivity contribution is -0.137. The molecular weight excluding hydrogens is 415 g/mol. The number of rotatable bonds is 5. The predicted molar refractivity (Wildman–Crippen MR) is 108 cm³/mol. The van der Waals surface area contributed by atoms with E-state index in [2.05, 4.69) is 4.98 Å². The summed E-state index contributed by atoms with van der Waals surface area (Å²) in [5, 5.41) is 0.0387. The second-order valence-corrected chi connectivity index (χ2v) is 7.90. The third-order valence-electron chi connectivity index (χ3n) is 4.57. The van der Waals surface area contributed by atoms with Crippen LogP contribution in [-0.2, 0) is 22.7 Å². The molecule has 0 spiro atoms. The average molecular weight is 431 g/mol. The summed E-state index contributed by atoms with van der Waals surface area (Å²) in [5.74, 6) is 0.761. The minimum absolute atomic E-state index is 0.0102. The molecule has 0 aliphatic heterocycles. The molecule has 8 heteroatoms. The quantitative estimate of drug-likeness (QED) is 0.399. The van der Waals surface area contributed by atoms with Crippen LogP contribution in [0.3, 0.4) is 0 Å². The van der Waals surface area contributed by atoms with E-state index in [-0.39, 0.29) is 11.0 Å². The number of methoxy groups -OCH3 is 1. The Bertz CT molecular complexity index is 1200. The lowest BCUT2D eigenvalue weighted by Gasteiger charge is -2.06. The van der Waals surface area contributed by atoms with Crippen LogP contribution in [0, 0.1) is 0 Å². The molecule has 4 nitrogen and oxygen atoms in total. The van der Waals surface area contributed by atoms with Crippen molar-refractivity contribution >= 4 is 21.9 Å². The van der Waals surface area contributed by atoms with Crippen LogP contribution in [0.2, 0.25) is 0 Å². The standard InChI is InChI=1S/C22H16F3NO3S/c1-28-18-9-4-15(5-10-18)16-6-11-19-20(12-16)29-21(26-19)30(27)13-14-2-7-17(8-3-14)22(23,24)25/h2-12H,13H2,1H3. The zero-order valence-electron chi connectivity index (χ0n) is 15.8. The number of alkyl halides is 3. The maximum Gasteiger partial charge on any atom is 0.416 e. The molecule has 0 saturated heterocycles. The van der Waals surface area contributed by atoms with Gasteiger partial charge in [-0.1, -0.05) is 30.3 Å². The molecule has 0 aliphatic rings. The highest BCUT2D eigenvalue weighted by Crippen LogP contribution is 2.30. The second kappa shape index (κ2) is 7.95. The maximum atomic E-state index is 12.7. The van der Waals surface area contributed by atoms with Crippen molar-refractivity contribution in [3.05, 3.63) is 77.9 Å². The van der Waals surface area contributed by atoms with E-state index in [1.54, 1.807) is 13.2 Å². The van der Waals surface area contributed by atoms with Crippen molar-refractivity contribution in [2.24, 2.45) is 0 Å². The van der Waals surface area contributed by atoms with Crippen LogP contribution in [0.1, 0.15) is 11.1 Å². The van der Waals surface area contributed by atoms with Gasteiger partial charge in [0, 0.05) is 0 Å². The molecular formula is C22H16F3NO3S. The van der Waals surface area contributed by atoms with Crippen LogP contribution < -0.4 is 4.74 Å². The fourth-order valence-electron chi connectivity index (χ4n) is 2.97. The molecule has 4 rings (SSSR count). The summed E-state index contributed by atoms with van der Waals surface area (Å²) in [6.07, 6.45) is -4.40. The summed E-state index contributed by atoms with van der Waals surface area (Å²) >= 11 is 0. The number of oxazole rings is 1. The molecule has 0 aliphatic carbocycles. The number of hydrogen-bond donors (Lipinski definition) is 0. The molecule has 1 aromatic heterocycles. The second-order valence-electron chi connectivity index (χ2n) is 6.58.